The Morgan fingerprint density at radius 2 is 1.27 bits per heavy atom. The molecule has 0 radical (unpaired) electrons. The van der Waals surface area contributed by atoms with Gasteiger partial charge < -0.3 is 44.9 Å². The van der Waals surface area contributed by atoms with E-state index in [0.717, 1.165) is 0 Å². The maximum absolute atomic E-state index is 16.0. The summed E-state index contributed by atoms with van der Waals surface area (Å²) in [6, 6.07) is 0. The third kappa shape index (κ3) is 5.28. The summed E-state index contributed by atoms with van der Waals surface area (Å²) in [5.41, 5.74) is 12.6. The Hall–Kier alpha value is -2.43. The number of aliphatic hydroxyl groups excluding tert-OH is 1. The van der Waals surface area contributed by atoms with Gasteiger partial charge in [0.15, 0.2) is 41.6 Å². The van der Waals surface area contributed by atoms with Crippen LogP contribution in [-0.2, 0) is 51.2 Å². The Kier molecular flexibility index (Phi) is 7.64. The monoisotopic (exact) mass is 692 g/mol. The number of nitrogens with two attached hydrogens (primary N) is 2. The van der Waals surface area contributed by atoms with Crippen molar-refractivity contribution >= 4 is 71.0 Å². The average Bonchev–Trinajstić information content (AvgIpc) is 3.73. The Balaban J connectivity index is 1.20. The molecule has 7 N–H and O–H groups in total. The molecule has 0 aromatic carbocycles. The molecule has 10 atom stereocenters. The number of halogens is 1. The Morgan fingerprint density at radius 1 is 0.773 bits per heavy atom. The van der Waals surface area contributed by atoms with Gasteiger partial charge in [-0.3, -0.25) is 18.2 Å². The van der Waals surface area contributed by atoms with Gasteiger partial charge in [-0.2, -0.15) is 0 Å². The first-order chi connectivity index (χ1) is 20.9. The van der Waals surface area contributed by atoms with Gasteiger partial charge in [0.2, 0.25) is 0 Å². The number of fused-ring (bicyclic) bond motifs is 5. The van der Waals surface area contributed by atoms with E-state index in [1.807, 2.05) is 0 Å². The minimum Gasteiger partial charge on any atom is -0.387 e. The number of anilines is 2. The first kappa shape index (κ1) is 30.2. The molecule has 3 fully saturated rings. The van der Waals surface area contributed by atoms with Gasteiger partial charge in [0, 0.05) is 0 Å². The van der Waals surface area contributed by atoms with E-state index >= 15 is 4.39 Å². The second-order valence-corrected chi connectivity index (χ2v) is 15.5. The highest BCUT2D eigenvalue weighted by Crippen LogP contribution is 2.54. The molecule has 3 aliphatic rings. The van der Waals surface area contributed by atoms with Gasteiger partial charge >= 0.3 is 13.4 Å². The lowest BCUT2D eigenvalue weighted by Crippen LogP contribution is -2.35. The van der Waals surface area contributed by atoms with Crippen molar-refractivity contribution in [3.63, 3.8) is 0 Å². The highest BCUT2D eigenvalue weighted by molar-refractivity contribution is 8.07. The van der Waals surface area contributed by atoms with E-state index in [1.165, 1.54) is 34.4 Å². The summed E-state index contributed by atoms with van der Waals surface area (Å²) in [7, 11) is 0. The maximum atomic E-state index is 16.0. The van der Waals surface area contributed by atoms with Gasteiger partial charge in [0.25, 0.3) is 0 Å². The second kappa shape index (κ2) is 11.1. The molecule has 24 heteroatoms. The number of rotatable bonds is 2. The van der Waals surface area contributed by atoms with Crippen molar-refractivity contribution in [2.45, 2.75) is 49.1 Å². The van der Waals surface area contributed by atoms with Crippen LogP contribution in [0.1, 0.15) is 12.5 Å². The first-order valence-electron chi connectivity index (χ1n) is 12.7. The van der Waals surface area contributed by atoms with Crippen LogP contribution in [0.2, 0.25) is 0 Å². The van der Waals surface area contributed by atoms with Gasteiger partial charge in [-0.15, -0.1) is 0 Å². The number of hydrogen-bond donors (Lipinski definition) is 5. The van der Waals surface area contributed by atoms with Crippen LogP contribution in [0, 0.1) is 0 Å². The SMILES string of the molecule is Nc1ncnc2c1ncn2[C@@H]1O[C@@H]2COP(O)(=S)OC3[C@@H](COP(O)(=S)OC1[C@H]2O)O[C@@H](n1cnc2c(N)ncnc21)[C@H]3F. The van der Waals surface area contributed by atoms with E-state index in [4.69, 9.17) is 62.6 Å². The molecule has 4 aromatic heterocycles. The zero-order valence-electron chi connectivity index (χ0n) is 22.0. The summed E-state index contributed by atoms with van der Waals surface area (Å²) in [6.07, 6.45) is -6.53. The Labute approximate surface area is 255 Å². The van der Waals surface area contributed by atoms with Crippen molar-refractivity contribution in [3.8, 4) is 0 Å². The van der Waals surface area contributed by atoms with Crippen molar-refractivity contribution in [2.24, 2.45) is 0 Å². The van der Waals surface area contributed by atoms with Crippen molar-refractivity contribution in [3.05, 3.63) is 25.3 Å². The summed E-state index contributed by atoms with van der Waals surface area (Å²) < 4.78 is 53.0. The van der Waals surface area contributed by atoms with Crippen molar-refractivity contribution in [1.29, 1.82) is 0 Å². The normalized spacial score (nSPS) is 38.3. The second-order valence-electron chi connectivity index (χ2n) is 9.90. The molecule has 3 saturated heterocycles. The predicted octanol–water partition coefficient (Wildman–Crippen LogP) is -0.425. The van der Waals surface area contributed by atoms with Gasteiger partial charge in [-0.05, 0) is 23.6 Å². The largest absolute Gasteiger partial charge is 0.387 e. The number of nitrogen functional groups attached to an aromatic ring is 2. The third-order valence-electron chi connectivity index (χ3n) is 7.22. The van der Waals surface area contributed by atoms with Crippen LogP contribution in [0.5, 0.6) is 0 Å². The van der Waals surface area contributed by atoms with Crippen LogP contribution in [-0.4, -0.2) is 104 Å². The number of aromatic nitrogens is 8. The van der Waals surface area contributed by atoms with Crippen LogP contribution in [0.4, 0.5) is 16.0 Å². The van der Waals surface area contributed by atoms with Crippen molar-refractivity contribution in [2.75, 3.05) is 24.7 Å². The van der Waals surface area contributed by atoms with Crippen LogP contribution >= 0.6 is 13.4 Å². The molecule has 7 heterocycles. The van der Waals surface area contributed by atoms with Crippen LogP contribution in [0.25, 0.3) is 22.3 Å². The number of hydrogen-bond acceptors (Lipinski definition) is 17. The van der Waals surface area contributed by atoms with Gasteiger partial charge in [0.05, 0.1) is 25.9 Å². The number of imidazole rings is 2. The number of alkyl halides is 1. The molecule has 3 aliphatic heterocycles. The van der Waals surface area contributed by atoms with Gasteiger partial charge in [0.1, 0.15) is 54.2 Å². The first-order valence-corrected chi connectivity index (χ1v) is 17.9. The highest BCUT2D eigenvalue weighted by Gasteiger charge is 2.53. The van der Waals surface area contributed by atoms with E-state index in [2.05, 4.69) is 29.9 Å². The summed E-state index contributed by atoms with van der Waals surface area (Å²) in [5, 5.41) is 11.1. The van der Waals surface area contributed by atoms with E-state index in [9.17, 15) is 14.9 Å². The molecule has 0 amide bonds. The van der Waals surface area contributed by atoms with Crippen molar-refractivity contribution in [1.82, 2.24) is 39.0 Å². The summed E-state index contributed by atoms with van der Waals surface area (Å²) >= 11 is 10.4. The molecule has 0 saturated carbocycles. The Bertz CT molecular complexity index is 1840. The van der Waals surface area contributed by atoms with E-state index in [0.29, 0.717) is 0 Å². The van der Waals surface area contributed by atoms with E-state index in [1.54, 1.807) is 0 Å². The minimum atomic E-state index is -4.22. The zero-order valence-corrected chi connectivity index (χ0v) is 25.4. The smallest absolute Gasteiger partial charge is 0.325 e. The fraction of sp³-hybridized carbons (Fsp3) is 0.500. The molecule has 44 heavy (non-hydrogen) atoms. The molecule has 0 aliphatic carbocycles. The summed E-state index contributed by atoms with van der Waals surface area (Å²) in [6.45, 7) is -9.52. The molecule has 236 valence electrons. The number of ether oxygens (including phenoxy) is 2. The van der Waals surface area contributed by atoms with Crippen LogP contribution in [0.15, 0.2) is 25.3 Å². The molecule has 19 nitrogen and oxygen atoms in total. The Morgan fingerprint density at radius 3 is 1.86 bits per heavy atom. The summed E-state index contributed by atoms with van der Waals surface area (Å²) in [4.78, 5) is 46.4. The standard InChI is InChI=1S/C20H23FN10O9P2S2/c21-9-13-8(38-19(9)30-5-28-10-15(22)24-3-26-17(10)30)2-36-42(34,44)40-14-12(32)7(1-35-41(33,43)39-13)37-20(14)31-6-29-11-16(23)25-4-27-18(11)31/h3-9,12-14,19-20,32H,1-2H2,(H,33,43)(H,34,44)(H2,22,24,26)(H2,23,25,27)/t7-,8-,9+,12+,13?,14?,19-,20-,41?,42?/m1/s1. The minimum absolute atomic E-state index is 0.0682. The molecule has 2 bridgehead atoms. The quantitative estimate of drug-likeness (QED) is 0.167. The molecule has 4 aromatic rings. The molecule has 7 rings (SSSR count). The maximum Gasteiger partial charge on any atom is 0.325 e. The average molecular weight is 693 g/mol. The van der Waals surface area contributed by atoms with Gasteiger partial charge in [-0.25, -0.2) is 34.3 Å². The fourth-order valence-corrected chi connectivity index (χ4v) is 8.04. The molecule has 0 spiro atoms. The lowest BCUT2D eigenvalue weighted by molar-refractivity contribution is -0.0602. The van der Waals surface area contributed by atoms with Crippen LogP contribution < -0.4 is 11.5 Å². The molecule has 4 unspecified atom stereocenters. The van der Waals surface area contributed by atoms with Gasteiger partial charge in [-0.1, -0.05) is 0 Å². The van der Waals surface area contributed by atoms with E-state index in [-0.39, 0.29) is 34.0 Å². The van der Waals surface area contributed by atoms with Crippen LogP contribution in [0.3, 0.4) is 0 Å². The fourth-order valence-electron chi connectivity index (χ4n) is 5.19. The van der Waals surface area contributed by atoms with Crippen molar-refractivity contribution < 1.29 is 46.9 Å². The number of aliphatic hydroxyl groups is 1. The highest BCUT2D eigenvalue weighted by atomic mass is 32.5. The zero-order chi connectivity index (χ0) is 31.0. The molecular formula is C20H23FN10O9P2S2. The lowest BCUT2D eigenvalue weighted by atomic mass is 10.1. The predicted molar refractivity (Wildman–Crippen MR) is 153 cm³/mol. The topological polar surface area (TPSA) is 255 Å². The summed E-state index contributed by atoms with van der Waals surface area (Å²) in [5.74, 6) is 0.161. The number of nitrogens with zero attached hydrogens (tertiary/aromatic N) is 8. The molecular weight excluding hydrogens is 669 g/mol. The van der Waals surface area contributed by atoms with E-state index < -0.39 is 75.8 Å². The lowest BCUT2D eigenvalue weighted by Gasteiger charge is -2.27. The third-order valence-corrected chi connectivity index (χ3v) is 10.3.